The molecule has 4 aromatic carbocycles. The van der Waals surface area contributed by atoms with Crippen LogP contribution < -0.4 is 29.1 Å². The largest absolute Gasteiger partial charge is 0.496 e. The van der Waals surface area contributed by atoms with Gasteiger partial charge in [-0.1, -0.05) is 77.6 Å². The van der Waals surface area contributed by atoms with E-state index in [-0.39, 0.29) is 11.3 Å². The van der Waals surface area contributed by atoms with Crippen molar-refractivity contribution in [2.24, 2.45) is 4.99 Å². The molecule has 0 fully saturated rings. The third-order valence-electron chi connectivity index (χ3n) is 7.87. The number of methoxy groups -OCH3 is 1. The van der Waals surface area contributed by atoms with Crippen molar-refractivity contribution >= 4 is 34.0 Å². The molecule has 7 nitrogen and oxygen atoms in total. The summed E-state index contributed by atoms with van der Waals surface area (Å²) in [6.07, 6.45) is 1.83. The van der Waals surface area contributed by atoms with Crippen LogP contribution in [0.3, 0.4) is 0 Å². The molecule has 228 valence electrons. The highest BCUT2D eigenvalue weighted by Gasteiger charge is 2.33. The lowest BCUT2D eigenvalue weighted by atomic mass is 9.89. The molecule has 1 aliphatic rings. The summed E-state index contributed by atoms with van der Waals surface area (Å²) in [5.74, 6) is 1.68. The number of benzene rings is 4. The lowest BCUT2D eigenvalue weighted by Crippen LogP contribution is -2.39. The molecular weight excluding hydrogens is 584 g/mol. The van der Waals surface area contributed by atoms with Gasteiger partial charge in [-0.2, -0.15) is 0 Å². The maximum absolute atomic E-state index is 14.2. The average Bonchev–Trinajstić information content (AvgIpc) is 3.33. The molecule has 8 heteroatoms. The summed E-state index contributed by atoms with van der Waals surface area (Å²) in [5, 5.41) is 1.90. The third kappa shape index (κ3) is 5.81. The summed E-state index contributed by atoms with van der Waals surface area (Å²) in [5.41, 5.74) is 4.61. The summed E-state index contributed by atoms with van der Waals surface area (Å²) >= 11 is 1.29. The lowest BCUT2D eigenvalue weighted by molar-refractivity contribution is -0.114. The van der Waals surface area contributed by atoms with E-state index in [1.54, 1.807) is 11.7 Å². The first-order valence-corrected chi connectivity index (χ1v) is 15.6. The van der Waals surface area contributed by atoms with Crippen LogP contribution in [-0.2, 0) is 11.4 Å². The van der Waals surface area contributed by atoms with Crippen LogP contribution in [0.1, 0.15) is 49.1 Å². The summed E-state index contributed by atoms with van der Waals surface area (Å²) in [6.45, 7) is 8.19. The van der Waals surface area contributed by atoms with Crippen molar-refractivity contribution in [1.29, 1.82) is 0 Å². The minimum atomic E-state index is -0.696. The lowest BCUT2D eigenvalue weighted by Gasteiger charge is -2.27. The van der Waals surface area contributed by atoms with Crippen molar-refractivity contribution in [2.45, 2.75) is 40.3 Å². The van der Waals surface area contributed by atoms with E-state index in [1.165, 1.54) is 23.8 Å². The van der Waals surface area contributed by atoms with Crippen LogP contribution in [0.4, 0.5) is 0 Å². The van der Waals surface area contributed by atoms with Crippen LogP contribution in [0, 0.1) is 6.92 Å². The molecule has 0 spiro atoms. The maximum Gasteiger partial charge on any atom is 0.271 e. The van der Waals surface area contributed by atoms with Gasteiger partial charge in [0.2, 0.25) is 0 Å². The molecule has 0 bridgehead atoms. The average molecular weight is 619 g/mol. The number of thiazole rings is 1. The Balaban J connectivity index is 1.47. The molecule has 0 amide bonds. The number of carbonyl (C=O) groups is 1. The molecule has 0 aliphatic carbocycles. The minimum absolute atomic E-state index is 0.145. The van der Waals surface area contributed by atoms with Crippen molar-refractivity contribution in [2.75, 3.05) is 13.7 Å². The number of rotatable bonds is 9. The fourth-order valence-electron chi connectivity index (χ4n) is 5.90. The molecule has 1 aliphatic heterocycles. The number of aryl methyl sites for hydroxylation is 1. The van der Waals surface area contributed by atoms with Gasteiger partial charge in [-0.3, -0.25) is 14.2 Å². The van der Waals surface area contributed by atoms with E-state index in [0.29, 0.717) is 51.1 Å². The van der Waals surface area contributed by atoms with E-state index in [1.807, 2.05) is 86.7 Å². The van der Waals surface area contributed by atoms with Crippen molar-refractivity contribution in [3.8, 4) is 17.2 Å². The molecule has 2 heterocycles. The Morgan fingerprint density at radius 1 is 0.956 bits per heavy atom. The predicted molar refractivity (Wildman–Crippen MR) is 178 cm³/mol. The van der Waals surface area contributed by atoms with E-state index in [4.69, 9.17) is 19.2 Å². The van der Waals surface area contributed by atoms with Gasteiger partial charge in [0.1, 0.15) is 12.4 Å². The van der Waals surface area contributed by atoms with E-state index in [2.05, 4.69) is 19.1 Å². The number of fused-ring (bicyclic) bond motifs is 2. The zero-order valence-corrected chi connectivity index (χ0v) is 26.7. The second-order valence-corrected chi connectivity index (χ2v) is 12.0. The quantitative estimate of drug-likeness (QED) is 0.195. The maximum atomic E-state index is 14.2. The first-order valence-electron chi connectivity index (χ1n) is 14.8. The molecule has 0 saturated carbocycles. The highest BCUT2D eigenvalue weighted by Crippen LogP contribution is 2.40. The smallest absolute Gasteiger partial charge is 0.271 e. The zero-order chi connectivity index (χ0) is 31.7. The Hall–Kier alpha value is -4.95. The molecule has 1 unspecified atom stereocenters. The standard InChI is InChI=1S/C37H34N2O5S/c1-6-43-31-19-25(14-16-29(31)44-21-26-11-9-10-22(2)18-26)20-32-36(41)39-35(33(24(4)40)23(3)38-37(39)45-32)34-28-13-8-7-12-27(28)15-17-30(34)42-5/h7-20,35H,6,21H2,1-5H3/b32-20-. The molecule has 6 rings (SSSR count). The Kier molecular flexibility index (Phi) is 8.41. The monoisotopic (exact) mass is 618 g/mol. The summed E-state index contributed by atoms with van der Waals surface area (Å²) in [6, 6.07) is 24.9. The second-order valence-electron chi connectivity index (χ2n) is 11.0. The molecule has 0 N–H and O–H groups in total. The van der Waals surface area contributed by atoms with Gasteiger partial charge in [0.25, 0.3) is 5.56 Å². The van der Waals surface area contributed by atoms with Crippen molar-refractivity contribution in [1.82, 2.24) is 4.57 Å². The molecule has 5 aromatic rings. The van der Waals surface area contributed by atoms with Gasteiger partial charge in [-0.15, -0.1) is 0 Å². The highest BCUT2D eigenvalue weighted by atomic mass is 32.1. The number of hydrogen-bond acceptors (Lipinski definition) is 7. The van der Waals surface area contributed by atoms with Crippen molar-refractivity contribution in [3.63, 3.8) is 0 Å². The first kappa shape index (κ1) is 30.1. The number of ketones is 1. The number of hydrogen-bond donors (Lipinski definition) is 0. The van der Waals surface area contributed by atoms with Gasteiger partial charge in [-0.05, 0) is 73.9 Å². The number of nitrogens with zero attached hydrogens (tertiary/aromatic N) is 2. The van der Waals surface area contributed by atoms with Crippen LogP contribution >= 0.6 is 11.3 Å². The fourth-order valence-corrected chi connectivity index (χ4v) is 6.94. The van der Waals surface area contributed by atoms with E-state index in [0.717, 1.165) is 27.5 Å². The Bertz CT molecular complexity index is 2160. The molecule has 0 saturated heterocycles. The SMILES string of the molecule is CCOc1cc(/C=c2\sc3n(c2=O)C(c2c(OC)ccc4ccccc24)C(C(C)=O)=C(C)N=3)ccc1OCc1cccc(C)c1. The molecule has 0 radical (unpaired) electrons. The number of carbonyl (C=O) groups excluding carboxylic acids is 1. The number of allylic oxidation sites excluding steroid dienone is 2. The summed E-state index contributed by atoms with van der Waals surface area (Å²) in [7, 11) is 1.60. The molecular formula is C37H34N2O5S. The van der Waals surface area contributed by atoms with Gasteiger partial charge >= 0.3 is 0 Å². The van der Waals surface area contributed by atoms with Crippen molar-refractivity contribution < 1.29 is 19.0 Å². The van der Waals surface area contributed by atoms with Gasteiger partial charge in [0.15, 0.2) is 22.1 Å². The molecule has 45 heavy (non-hydrogen) atoms. The van der Waals surface area contributed by atoms with E-state index in [9.17, 15) is 9.59 Å². The number of Topliss-reactive ketones (excluding diaryl/α,β-unsaturated/α-hetero) is 1. The van der Waals surface area contributed by atoms with Crippen LogP contribution in [0.25, 0.3) is 16.8 Å². The number of aromatic nitrogens is 1. The zero-order valence-electron chi connectivity index (χ0n) is 25.9. The normalized spacial score (nSPS) is 14.7. The third-order valence-corrected chi connectivity index (χ3v) is 8.85. The highest BCUT2D eigenvalue weighted by molar-refractivity contribution is 7.07. The summed E-state index contributed by atoms with van der Waals surface area (Å²) < 4.78 is 20.0. The van der Waals surface area contributed by atoms with Crippen LogP contribution in [0.15, 0.2) is 99.9 Å². The molecule has 1 aromatic heterocycles. The van der Waals surface area contributed by atoms with E-state index >= 15 is 0 Å². The fraction of sp³-hybridized carbons (Fsp3) is 0.216. The molecule has 1 atom stereocenters. The second kappa shape index (κ2) is 12.6. The number of ether oxygens (including phenoxy) is 3. The van der Waals surface area contributed by atoms with Crippen LogP contribution in [0.5, 0.6) is 17.2 Å². The first-order chi connectivity index (χ1) is 21.8. The van der Waals surface area contributed by atoms with Crippen LogP contribution in [0.2, 0.25) is 0 Å². The van der Waals surface area contributed by atoms with Crippen LogP contribution in [-0.4, -0.2) is 24.1 Å². The van der Waals surface area contributed by atoms with E-state index < -0.39 is 6.04 Å². The minimum Gasteiger partial charge on any atom is -0.496 e. The van der Waals surface area contributed by atoms with Gasteiger partial charge in [0, 0.05) is 16.8 Å². The Morgan fingerprint density at radius 2 is 1.76 bits per heavy atom. The van der Waals surface area contributed by atoms with Gasteiger partial charge in [-0.25, -0.2) is 4.99 Å². The van der Waals surface area contributed by atoms with Gasteiger partial charge in [0.05, 0.1) is 24.3 Å². The Morgan fingerprint density at radius 3 is 2.51 bits per heavy atom. The predicted octanol–water partition coefficient (Wildman–Crippen LogP) is 6.27. The summed E-state index contributed by atoms with van der Waals surface area (Å²) in [4.78, 5) is 32.6. The Labute approximate surface area is 265 Å². The topological polar surface area (TPSA) is 79.1 Å². The van der Waals surface area contributed by atoms with Gasteiger partial charge < -0.3 is 14.2 Å². The van der Waals surface area contributed by atoms with Crippen molar-refractivity contribution in [3.05, 3.63) is 132 Å².